The summed E-state index contributed by atoms with van der Waals surface area (Å²) in [6.07, 6.45) is 0. The summed E-state index contributed by atoms with van der Waals surface area (Å²) in [6, 6.07) is 16.6. The molecule has 23 heavy (non-hydrogen) atoms. The maximum absolute atomic E-state index is 12.3. The van der Waals surface area contributed by atoms with E-state index in [-0.39, 0.29) is 11.7 Å². The molecule has 0 unspecified atom stereocenters. The van der Waals surface area contributed by atoms with Gasteiger partial charge in [-0.05, 0) is 48.9 Å². The van der Waals surface area contributed by atoms with Crippen LogP contribution >= 0.6 is 15.9 Å². The Morgan fingerprint density at radius 2 is 1.83 bits per heavy atom. The van der Waals surface area contributed by atoms with Crippen LogP contribution in [0.2, 0.25) is 0 Å². The molecule has 0 spiro atoms. The molecule has 3 aromatic rings. The quantitative estimate of drug-likeness (QED) is 0.647. The van der Waals surface area contributed by atoms with E-state index in [9.17, 15) is 4.79 Å². The molecule has 1 heterocycles. The molecule has 0 aliphatic rings. The Morgan fingerprint density at radius 1 is 1.09 bits per heavy atom. The van der Waals surface area contributed by atoms with Crippen molar-refractivity contribution in [2.24, 2.45) is 0 Å². The van der Waals surface area contributed by atoms with E-state index < -0.39 is 0 Å². The van der Waals surface area contributed by atoms with E-state index in [2.05, 4.69) is 21.2 Å². The fraction of sp³-hybridized carbons (Fsp3) is 0.0556. The van der Waals surface area contributed by atoms with Gasteiger partial charge in [0.05, 0.1) is 11.4 Å². The lowest BCUT2D eigenvalue weighted by Crippen LogP contribution is -2.12. The van der Waals surface area contributed by atoms with Gasteiger partial charge in [-0.2, -0.15) is 0 Å². The van der Waals surface area contributed by atoms with Crippen LogP contribution in [0.25, 0.3) is 11.3 Å². The number of carbonyl (C=O) groups is 1. The van der Waals surface area contributed by atoms with Crippen LogP contribution in [-0.4, -0.2) is 5.91 Å². The number of rotatable bonds is 3. The van der Waals surface area contributed by atoms with Crippen molar-refractivity contribution in [3.05, 3.63) is 70.4 Å². The van der Waals surface area contributed by atoms with E-state index in [0.29, 0.717) is 17.1 Å². The summed E-state index contributed by atoms with van der Waals surface area (Å²) >= 11 is 3.39. The summed E-state index contributed by atoms with van der Waals surface area (Å²) in [7, 11) is 0. The van der Waals surface area contributed by atoms with Crippen molar-refractivity contribution in [2.45, 2.75) is 6.92 Å². The third-order valence-electron chi connectivity index (χ3n) is 3.41. The van der Waals surface area contributed by atoms with E-state index in [0.717, 1.165) is 15.6 Å². The molecule has 2 aromatic carbocycles. The van der Waals surface area contributed by atoms with Crippen LogP contribution in [0.15, 0.2) is 63.5 Å². The SMILES string of the molecule is Cc1ccc(NC(=O)c2ccc(-c3ccc(Br)cc3)o2)c(N)c1. The minimum absolute atomic E-state index is 0.239. The molecule has 0 fully saturated rings. The van der Waals surface area contributed by atoms with Gasteiger partial charge in [-0.3, -0.25) is 4.79 Å². The van der Waals surface area contributed by atoms with Gasteiger partial charge >= 0.3 is 0 Å². The first kappa shape index (κ1) is 15.4. The van der Waals surface area contributed by atoms with Gasteiger partial charge in [0.25, 0.3) is 5.91 Å². The Balaban J connectivity index is 1.79. The van der Waals surface area contributed by atoms with E-state index in [1.807, 2.05) is 43.3 Å². The van der Waals surface area contributed by atoms with Gasteiger partial charge < -0.3 is 15.5 Å². The normalized spacial score (nSPS) is 10.5. The van der Waals surface area contributed by atoms with Crippen molar-refractivity contribution in [3.8, 4) is 11.3 Å². The Hall–Kier alpha value is -2.53. The highest BCUT2D eigenvalue weighted by Gasteiger charge is 2.13. The standard InChI is InChI=1S/C18H15BrN2O2/c1-11-2-7-15(14(20)10-11)21-18(22)17-9-8-16(23-17)12-3-5-13(19)6-4-12/h2-10H,20H2,1H3,(H,21,22). The lowest BCUT2D eigenvalue weighted by atomic mass is 10.2. The molecular weight excluding hydrogens is 356 g/mol. The zero-order valence-electron chi connectivity index (χ0n) is 12.5. The van der Waals surface area contributed by atoms with Gasteiger partial charge in [0, 0.05) is 10.0 Å². The number of nitrogens with one attached hydrogen (secondary N) is 1. The molecule has 1 aromatic heterocycles. The first-order valence-corrected chi connectivity index (χ1v) is 7.85. The van der Waals surface area contributed by atoms with Crippen LogP contribution in [0, 0.1) is 6.92 Å². The average Bonchev–Trinajstić information content (AvgIpc) is 3.01. The largest absolute Gasteiger partial charge is 0.451 e. The number of hydrogen-bond acceptors (Lipinski definition) is 3. The number of aryl methyl sites for hydroxylation is 1. The highest BCUT2D eigenvalue weighted by Crippen LogP contribution is 2.25. The van der Waals surface area contributed by atoms with Crippen molar-refractivity contribution in [3.63, 3.8) is 0 Å². The molecule has 0 aliphatic heterocycles. The van der Waals surface area contributed by atoms with Gasteiger partial charge in [0.15, 0.2) is 5.76 Å². The summed E-state index contributed by atoms with van der Waals surface area (Å²) in [4.78, 5) is 12.3. The molecule has 0 saturated heterocycles. The van der Waals surface area contributed by atoms with E-state index in [4.69, 9.17) is 10.2 Å². The number of halogens is 1. The molecule has 3 rings (SSSR count). The van der Waals surface area contributed by atoms with Gasteiger partial charge in [-0.25, -0.2) is 0 Å². The number of furan rings is 1. The molecule has 0 aliphatic carbocycles. The van der Waals surface area contributed by atoms with Crippen LogP contribution in [-0.2, 0) is 0 Å². The average molecular weight is 371 g/mol. The molecule has 1 amide bonds. The maximum atomic E-state index is 12.3. The van der Waals surface area contributed by atoms with Crippen molar-refractivity contribution in [1.82, 2.24) is 0 Å². The predicted octanol–water partition coefficient (Wildman–Crippen LogP) is 4.85. The molecule has 116 valence electrons. The molecule has 3 N–H and O–H groups in total. The van der Waals surface area contributed by atoms with Crippen LogP contribution < -0.4 is 11.1 Å². The molecule has 5 heteroatoms. The van der Waals surface area contributed by atoms with Crippen LogP contribution in [0.4, 0.5) is 11.4 Å². The van der Waals surface area contributed by atoms with Crippen LogP contribution in [0.3, 0.4) is 0 Å². The zero-order valence-corrected chi connectivity index (χ0v) is 14.1. The lowest BCUT2D eigenvalue weighted by molar-refractivity contribution is 0.0997. The topological polar surface area (TPSA) is 68.3 Å². The van der Waals surface area contributed by atoms with E-state index in [1.165, 1.54) is 0 Å². The molecule has 4 nitrogen and oxygen atoms in total. The maximum Gasteiger partial charge on any atom is 0.291 e. The number of amides is 1. The minimum Gasteiger partial charge on any atom is -0.451 e. The number of nitrogen functional groups attached to an aromatic ring is 1. The summed E-state index contributed by atoms with van der Waals surface area (Å²) < 4.78 is 6.63. The van der Waals surface area contributed by atoms with Gasteiger partial charge in [0.2, 0.25) is 0 Å². The van der Waals surface area contributed by atoms with Gasteiger partial charge in [-0.15, -0.1) is 0 Å². The van der Waals surface area contributed by atoms with Crippen molar-refractivity contribution >= 4 is 33.2 Å². The number of hydrogen-bond donors (Lipinski definition) is 2. The third-order valence-corrected chi connectivity index (χ3v) is 3.94. The Morgan fingerprint density at radius 3 is 2.52 bits per heavy atom. The smallest absolute Gasteiger partial charge is 0.291 e. The Labute approximate surface area is 142 Å². The monoisotopic (exact) mass is 370 g/mol. The highest BCUT2D eigenvalue weighted by molar-refractivity contribution is 9.10. The summed E-state index contributed by atoms with van der Waals surface area (Å²) in [5.74, 6) is 0.548. The Kier molecular flexibility index (Phi) is 4.21. The highest BCUT2D eigenvalue weighted by atomic mass is 79.9. The molecular formula is C18H15BrN2O2. The number of carbonyl (C=O) groups excluding carboxylic acids is 1. The van der Waals surface area contributed by atoms with Gasteiger partial charge in [0.1, 0.15) is 5.76 Å². The second-order valence-electron chi connectivity index (χ2n) is 5.22. The summed E-state index contributed by atoms with van der Waals surface area (Å²) in [5.41, 5.74) is 8.95. The zero-order chi connectivity index (χ0) is 16.4. The second kappa shape index (κ2) is 6.30. The van der Waals surface area contributed by atoms with Crippen molar-refractivity contribution in [2.75, 3.05) is 11.1 Å². The number of nitrogens with two attached hydrogens (primary N) is 1. The number of anilines is 2. The van der Waals surface area contributed by atoms with Crippen LogP contribution in [0.5, 0.6) is 0 Å². The summed E-state index contributed by atoms with van der Waals surface area (Å²) in [6.45, 7) is 1.94. The van der Waals surface area contributed by atoms with Crippen LogP contribution in [0.1, 0.15) is 16.1 Å². The van der Waals surface area contributed by atoms with E-state index >= 15 is 0 Å². The van der Waals surface area contributed by atoms with Crippen molar-refractivity contribution in [1.29, 1.82) is 0 Å². The fourth-order valence-electron chi connectivity index (χ4n) is 2.21. The number of benzene rings is 2. The first-order valence-electron chi connectivity index (χ1n) is 7.06. The summed E-state index contributed by atoms with van der Waals surface area (Å²) in [5, 5.41) is 2.76. The first-order chi connectivity index (χ1) is 11.0. The van der Waals surface area contributed by atoms with E-state index in [1.54, 1.807) is 18.2 Å². The molecule has 0 bridgehead atoms. The lowest BCUT2D eigenvalue weighted by Gasteiger charge is -2.07. The third kappa shape index (κ3) is 3.46. The fourth-order valence-corrected chi connectivity index (χ4v) is 2.47. The van der Waals surface area contributed by atoms with Crippen molar-refractivity contribution < 1.29 is 9.21 Å². The molecule has 0 radical (unpaired) electrons. The second-order valence-corrected chi connectivity index (χ2v) is 6.13. The molecule has 0 saturated carbocycles. The molecule has 0 atom stereocenters. The minimum atomic E-state index is -0.330. The predicted molar refractivity (Wildman–Crippen MR) is 95.4 cm³/mol. The Bertz CT molecular complexity index is 854. The van der Waals surface area contributed by atoms with Gasteiger partial charge in [-0.1, -0.05) is 34.1 Å².